The van der Waals surface area contributed by atoms with Crippen LogP contribution in [0.2, 0.25) is 0 Å². The van der Waals surface area contributed by atoms with Gasteiger partial charge in [0.1, 0.15) is 0 Å². The first-order valence-corrected chi connectivity index (χ1v) is 7.39. The lowest BCUT2D eigenvalue weighted by Gasteiger charge is -2.34. The third-order valence-corrected chi connectivity index (χ3v) is 4.74. The molecule has 0 aromatic heterocycles. The van der Waals surface area contributed by atoms with Crippen LogP contribution in [0.3, 0.4) is 0 Å². The molecule has 0 spiro atoms. The normalized spacial score (nSPS) is 30.1. The highest BCUT2D eigenvalue weighted by atomic mass is 14.9. The van der Waals surface area contributed by atoms with Crippen LogP contribution < -0.4 is 5.32 Å². The largest absolute Gasteiger partial charge is 0.307 e. The first kappa shape index (κ1) is 13.6. The van der Waals surface area contributed by atoms with Gasteiger partial charge in [0.15, 0.2) is 0 Å². The Labute approximate surface area is 112 Å². The molecule has 0 bridgehead atoms. The summed E-state index contributed by atoms with van der Waals surface area (Å²) >= 11 is 0. The average Bonchev–Trinajstić information content (AvgIpc) is 2.34. The van der Waals surface area contributed by atoms with Crippen LogP contribution in [-0.2, 0) is 0 Å². The molecule has 1 heteroatoms. The lowest BCUT2D eigenvalue weighted by Crippen LogP contribution is -2.37. The first-order valence-electron chi connectivity index (χ1n) is 7.39. The molecule has 3 unspecified atom stereocenters. The van der Waals surface area contributed by atoms with Gasteiger partial charge in [-0.3, -0.25) is 0 Å². The number of nitrogens with one attached hydrogen (secondary N) is 1. The van der Waals surface area contributed by atoms with Gasteiger partial charge in [0, 0.05) is 12.1 Å². The van der Waals surface area contributed by atoms with Gasteiger partial charge in [0.05, 0.1) is 0 Å². The predicted octanol–water partition coefficient (Wildman–Crippen LogP) is 4.47. The van der Waals surface area contributed by atoms with Gasteiger partial charge in [0.25, 0.3) is 0 Å². The summed E-state index contributed by atoms with van der Waals surface area (Å²) in [7, 11) is 0. The summed E-state index contributed by atoms with van der Waals surface area (Å²) < 4.78 is 0. The van der Waals surface area contributed by atoms with Crippen LogP contribution >= 0.6 is 0 Å². The molecule has 0 saturated heterocycles. The number of aryl methyl sites for hydroxylation is 1. The van der Waals surface area contributed by atoms with E-state index in [0.717, 1.165) is 11.8 Å². The zero-order valence-electron chi connectivity index (χ0n) is 12.2. The van der Waals surface area contributed by atoms with E-state index in [1.807, 2.05) is 0 Å². The van der Waals surface area contributed by atoms with Crippen LogP contribution in [-0.4, -0.2) is 6.04 Å². The van der Waals surface area contributed by atoms with Gasteiger partial charge in [0.2, 0.25) is 0 Å². The van der Waals surface area contributed by atoms with Crippen LogP contribution in [0.25, 0.3) is 0 Å². The van der Waals surface area contributed by atoms with Gasteiger partial charge in [-0.25, -0.2) is 0 Å². The van der Waals surface area contributed by atoms with Crippen LogP contribution in [0.1, 0.15) is 57.2 Å². The van der Waals surface area contributed by atoms with E-state index in [9.17, 15) is 0 Å². The minimum absolute atomic E-state index is 0.469. The molecule has 0 aliphatic heterocycles. The quantitative estimate of drug-likeness (QED) is 0.828. The van der Waals surface area contributed by atoms with E-state index in [-0.39, 0.29) is 0 Å². The predicted molar refractivity (Wildman–Crippen MR) is 78.7 cm³/mol. The van der Waals surface area contributed by atoms with E-state index < -0.39 is 0 Å². The number of hydrogen-bond acceptors (Lipinski definition) is 1. The van der Waals surface area contributed by atoms with Gasteiger partial charge < -0.3 is 5.32 Å². The van der Waals surface area contributed by atoms with Gasteiger partial charge in [-0.2, -0.15) is 0 Å². The summed E-state index contributed by atoms with van der Waals surface area (Å²) in [5, 5.41) is 3.83. The molecule has 4 atom stereocenters. The maximum atomic E-state index is 3.83. The van der Waals surface area contributed by atoms with Crippen molar-refractivity contribution in [2.45, 2.75) is 59.0 Å². The third-order valence-electron chi connectivity index (χ3n) is 4.74. The Kier molecular flexibility index (Phi) is 4.45. The van der Waals surface area contributed by atoms with Crippen LogP contribution in [0.4, 0.5) is 0 Å². The number of rotatable bonds is 3. The van der Waals surface area contributed by atoms with E-state index >= 15 is 0 Å². The first-order chi connectivity index (χ1) is 8.58. The van der Waals surface area contributed by atoms with Crippen molar-refractivity contribution >= 4 is 0 Å². The van der Waals surface area contributed by atoms with Crippen molar-refractivity contribution < 1.29 is 0 Å². The highest BCUT2D eigenvalue weighted by Crippen LogP contribution is 2.30. The highest BCUT2D eigenvalue weighted by molar-refractivity contribution is 5.28. The Bertz CT molecular complexity index is 385. The van der Waals surface area contributed by atoms with Crippen LogP contribution in [0, 0.1) is 18.8 Å². The molecule has 1 nitrogen and oxygen atoms in total. The van der Waals surface area contributed by atoms with Crippen LogP contribution in [0.15, 0.2) is 24.3 Å². The molecule has 1 N–H and O–H groups in total. The van der Waals surface area contributed by atoms with E-state index in [2.05, 4.69) is 57.3 Å². The molecule has 1 aliphatic rings. The molecular weight excluding hydrogens is 218 g/mol. The SMILES string of the molecule is Cc1ccccc1[C@H](C)NC1CCC(C)C(C)C1. The summed E-state index contributed by atoms with van der Waals surface area (Å²) in [6.07, 6.45) is 4.04. The molecule has 0 radical (unpaired) electrons. The minimum atomic E-state index is 0.469. The van der Waals surface area contributed by atoms with E-state index in [1.54, 1.807) is 0 Å². The fourth-order valence-electron chi connectivity index (χ4n) is 3.21. The second-order valence-corrected chi connectivity index (χ2v) is 6.21. The fourth-order valence-corrected chi connectivity index (χ4v) is 3.21. The Balaban J connectivity index is 1.96. The fraction of sp³-hybridized carbons (Fsp3) is 0.647. The topological polar surface area (TPSA) is 12.0 Å². The number of hydrogen-bond donors (Lipinski definition) is 1. The van der Waals surface area contributed by atoms with Crippen molar-refractivity contribution in [1.82, 2.24) is 5.32 Å². The molecule has 0 amide bonds. The molecule has 1 aromatic rings. The smallest absolute Gasteiger partial charge is 0.0296 e. The van der Waals surface area contributed by atoms with Crippen molar-refractivity contribution in [3.63, 3.8) is 0 Å². The van der Waals surface area contributed by atoms with Crippen molar-refractivity contribution in [3.8, 4) is 0 Å². The molecule has 1 aromatic carbocycles. The third kappa shape index (κ3) is 3.14. The van der Waals surface area contributed by atoms with Gasteiger partial charge >= 0.3 is 0 Å². The van der Waals surface area contributed by atoms with E-state index in [1.165, 1.54) is 30.4 Å². The van der Waals surface area contributed by atoms with Crippen molar-refractivity contribution in [2.75, 3.05) is 0 Å². The standard InChI is InChI=1S/C17H27N/c1-12-9-10-16(11-14(12)3)18-15(4)17-8-6-5-7-13(17)2/h5-8,12,14-16,18H,9-11H2,1-4H3/t12?,14?,15-,16?/m0/s1. The monoisotopic (exact) mass is 245 g/mol. The summed E-state index contributed by atoms with van der Waals surface area (Å²) in [6, 6.07) is 9.89. The van der Waals surface area contributed by atoms with Gasteiger partial charge in [-0.1, -0.05) is 38.1 Å². The molecule has 1 saturated carbocycles. The molecule has 100 valence electrons. The average molecular weight is 245 g/mol. The molecule has 1 fully saturated rings. The Morgan fingerprint density at radius 1 is 1.11 bits per heavy atom. The summed E-state index contributed by atoms with van der Waals surface area (Å²) in [5.41, 5.74) is 2.85. The zero-order valence-corrected chi connectivity index (χ0v) is 12.2. The maximum Gasteiger partial charge on any atom is 0.0296 e. The molecule has 2 rings (SSSR count). The lowest BCUT2D eigenvalue weighted by molar-refractivity contribution is 0.217. The summed E-state index contributed by atoms with van der Waals surface area (Å²) in [6.45, 7) is 9.30. The van der Waals surface area contributed by atoms with Crippen molar-refractivity contribution in [2.24, 2.45) is 11.8 Å². The van der Waals surface area contributed by atoms with Crippen LogP contribution in [0.5, 0.6) is 0 Å². The molecule has 0 heterocycles. The highest BCUT2D eigenvalue weighted by Gasteiger charge is 2.25. The van der Waals surface area contributed by atoms with Crippen molar-refractivity contribution in [3.05, 3.63) is 35.4 Å². The zero-order chi connectivity index (χ0) is 13.1. The van der Waals surface area contributed by atoms with Crippen molar-refractivity contribution in [1.29, 1.82) is 0 Å². The molecular formula is C17H27N. The van der Waals surface area contributed by atoms with Gasteiger partial charge in [-0.05, 0) is 56.1 Å². The Morgan fingerprint density at radius 2 is 1.83 bits per heavy atom. The number of benzene rings is 1. The second-order valence-electron chi connectivity index (χ2n) is 6.21. The Hall–Kier alpha value is -0.820. The van der Waals surface area contributed by atoms with Gasteiger partial charge in [-0.15, -0.1) is 0 Å². The maximum absolute atomic E-state index is 3.83. The van der Waals surface area contributed by atoms with E-state index in [4.69, 9.17) is 0 Å². The Morgan fingerprint density at radius 3 is 2.50 bits per heavy atom. The van der Waals surface area contributed by atoms with E-state index in [0.29, 0.717) is 12.1 Å². The minimum Gasteiger partial charge on any atom is -0.307 e. The lowest BCUT2D eigenvalue weighted by atomic mass is 9.79. The second kappa shape index (κ2) is 5.88. The molecule has 1 aliphatic carbocycles. The summed E-state index contributed by atoms with van der Waals surface area (Å²) in [4.78, 5) is 0. The molecule has 18 heavy (non-hydrogen) atoms. The summed E-state index contributed by atoms with van der Waals surface area (Å²) in [5.74, 6) is 1.76.